The molecule has 2 atom stereocenters. The number of amides is 2. The quantitative estimate of drug-likeness (QED) is 0.913. The molecule has 2 fully saturated rings. The maximum atomic E-state index is 12.3. The number of carbonyl (C=O) groups excluding carboxylic acids is 2. The number of fused-ring (bicyclic) bond motifs is 1. The average Bonchev–Trinajstić information content (AvgIpc) is 2.95. The van der Waals surface area contributed by atoms with Crippen LogP contribution in [0.25, 0.3) is 0 Å². The Hall–Kier alpha value is -1.66. The minimum atomic E-state index is -0.252. The molecule has 6 nitrogen and oxygen atoms in total. The van der Waals surface area contributed by atoms with Gasteiger partial charge in [-0.05, 0) is 31.9 Å². The highest BCUT2D eigenvalue weighted by Gasteiger charge is 2.40. The molecule has 1 aromatic heterocycles. The van der Waals surface area contributed by atoms with Crippen molar-refractivity contribution in [3.8, 4) is 0 Å². The van der Waals surface area contributed by atoms with Crippen LogP contribution in [0, 0.1) is 0 Å². The van der Waals surface area contributed by atoms with Gasteiger partial charge in [-0.1, -0.05) is 11.6 Å². The summed E-state index contributed by atoms with van der Waals surface area (Å²) >= 11 is 5.77. The van der Waals surface area contributed by atoms with E-state index < -0.39 is 0 Å². The molecule has 0 radical (unpaired) electrons. The smallest absolute Gasteiger partial charge is 0.239 e. The second-order valence-electron chi connectivity index (χ2n) is 5.84. The third-order valence-electron chi connectivity index (χ3n) is 4.35. The van der Waals surface area contributed by atoms with Crippen molar-refractivity contribution in [1.29, 1.82) is 0 Å². The Labute approximate surface area is 134 Å². The van der Waals surface area contributed by atoms with E-state index in [0.717, 1.165) is 25.9 Å². The van der Waals surface area contributed by atoms with Crippen LogP contribution >= 0.6 is 11.6 Å². The zero-order valence-corrected chi connectivity index (χ0v) is 13.2. The molecular formula is C15H19ClN4O2. The van der Waals surface area contributed by atoms with Gasteiger partial charge in [0.05, 0.1) is 17.6 Å². The Morgan fingerprint density at radius 1 is 1.50 bits per heavy atom. The maximum absolute atomic E-state index is 12.3. The Kier molecular flexibility index (Phi) is 4.31. The summed E-state index contributed by atoms with van der Waals surface area (Å²) < 4.78 is 0. The first-order valence-electron chi connectivity index (χ1n) is 7.50. The molecule has 0 saturated carbocycles. The first-order valence-corrected chi connectivity index (χ1v) is 7.88. The van der Waals surface area contributed by atoms with Crippen molar-refractivity contribution >= 4 is 29.2 Å². The van der Waals surface area contributed by atoms with Crippen molar-refractivity contribution in [2.75, 3.05) is 25.0 Å². The van der Waals surface area contributed by atoms with E-state index in [1.807, 2.05) is 16.7 Å². The molecule has 22 heavy (non-hydrogen) atoms. The van der Waals surface area contributed by atoms with Gasteiger partial charge in [0.25, 0.3) is 0 Å². The van der Waals surface area contributed by atoms with Crippen molar-refractivity contribution in [2.24, 2.45) is 0 Å². The summed E-state index contributed by atoms with van der Waals surface area (Å²) in [6.07, 6.45) is 3.56. The van der Waals surface area contributed by atoms with E-state index in [4.69, 9.17) is 11.6 Å². The molecule has 2 amide bonds. The van der Waals surface area contributed by atoms with Gasteiger partial charge in [-0.15, -0.1) is 0 Å². The molecule has 0 spiro atoms. The standard InChI is InChI=1S/C15H19ClN4O2/c1-10-15(22)20-6-2-3-12(20)8-19(10)9-14(21)18-13-5-4-11(16)7-17-13/h4-5,7,10,12H,2-3,6,8-9H2,1H3,(H,17,18,21)/t10-,12-/m0/s1. The van der Waals surface area contributed by atoms with Crippen molar-refractivity contribution in [3.63, 3.8) is 0 Å². The third kappa shape index (κ3) is 3.08. The van der Waals surface area contributed by atoms with E-state index in [-0.39, 0.29) is 30.4 Å². The normalized spacial score (nSPS) is 25.2. The predicted octanol–water partition coefficient (Wildman–Crippen LogP) is 1.37. The fourth-order valence-electron chi connectivity index (χ4n) is 3.16. The zero-order valence-electron chi connectivity index (χ0n) is 12.5. The number of halogens is 1. The molecule has 0 bridgehead atoms. The second kappa shape index (κ2) is 6.22. The lowest BCUT2D eigenvalue weighted by molar-refractivity contribution is -0.143. The number of hydrogen-bond acceptors (Lipinski definition) is 4. The first kappa shape index (κ1) is 15.2. The molecule has 0 aliphatic carbocycles. The Balaban J connectivity index is 1.61. The molecule has 7 heteroatoms. The summed E-state index contributed by atoms with van der Waals surface area (Å²) in [4.78, 5) is 32.4. The molecule has 0 unspecified atom stereocenters. The largest absolute Gasteiger partial charge is 0.337 e. The molecule has 1 aromatic rings. The van der Waals surface area contributed by atoms with Crippen LogP contribution < -0.4 is 5.32 Å². The van der Waals surface area contributed by atoms with Gasteiger partial charge in [0.2, 0.25) is 11.8 Å². The average molecular weight is 323 g/mol. The van der Waals surface area contributed by atoms with Gasteiger partial charge >= 0.3 is 0 Å². The number of anilines is 1. The zero-order chi connectivity index (χ0) is 15.7. The Morgan fingerprint density at radius 2 is 2.32 bits per heavy atom. The lowest BCUT2D eigenvalue weighted by Gasteiger charge is -2.41. The first-order chi connectivity index (χ1) is 10.5. The second-order valence-corrected chi connectivity index (χ2v) is 6.28. The van der Waals surface area contributed by atoms with Gasteiger partial charge in [0.15, 0.2) is 0 Å². The van der Waals surface area contributed by atoms with Gasteiger partial charge in [-0.3, -0.25) is 14.5 Å². The van der Waals surface area contributed by atoms with Crippen LogP contribution in [0.3, 0.4) is 0 Å². The molecule has 1 N–H and O–H groups in total. The Morgan fingerprint density at radius 3 is 3.05 bits per heavy atom. The summed E-state index contributed by atoms with van der Waals surface area (Å²) in [5.74, 6) is 0.431. The molecule has 3 heterocycles. The molecule has 2 aliphatic heterocycles. The van der Waals surface area contributed by atoms with Crippen LogP contribution in [0.4, 0.5) is 5.82 Å². The molecule has 3 rings (SSSR count). The van der Waals surface area contributed by atoms with Crippen LogP contribution in [0.5, 0.6) is 0 Å². The van der Waals surface area contributed by atoms with Gasteiger partial charge in [0.1, 0.15) is 5.82 Å². The number of nitrogens with one attached hydrogen (secondary N) is 1. The minimum Gasteiger partial charge on any atom is -0.337 e. The van der Waals surface area contributed by atoms with E-state index in [2.05, 4.69) is 10.3 Å². The Bertz CT molecular complexity index is 577. The molecule has 118 valence electrons. The summed E-state index contributed by atoms with van der Waals surface area (Å²) in [5, 5.41) is 3.26. The fraction of sp³-hybridized carbons (Fsp3) is 0.533. The predicted molar refractivity (Wildman–Crippen MR) is 83.6 cm³/mol. The van der Waals surface area contributed by atoms with E-state index >= 15 is 0 Å². The molecule has 2 saturated heterocycles. The van der Waals surface area contributed by atoms with Crippen molar-refractivity contribution in [1.82, 2.24) is 14.8 Å². The molecule has 2 aliphatic rings. The van der Waals surface area contributed by atoms with Crippen LogP contribution in [-0.2, 0) is 9.59 Å². The van der Waals surface area contributed by atoms with Crippen LogP contribution in [-0.4, -0.2) is 58.3 Å². The molecular weight excluding hydrogens is 304 g/mol. The number of hydrogen-bond donors (Lipinski definition) is 1. The third-order valence-corrected chi connectivity index (χ3v) is 4.58. The highest BCUT2D eigenvalue weighted by molar-refractivity contribution is 6.30. The SMILES string of the molecule is C[C@H]1C(=O)N2CCC[C@H]2CN1CC(=O)Nc1ccc(Cl)cn1. The summed E-state index contributed by atoms with van der Waals surface area (Å²) in [6, 6.07) is 3.33. The minimum absolute atomic E-state index is 0.131. The number of rotatable bonds is 3. The lowest BCUT2D eigenvalue weighted by Crippen LogP contribution is -2.59. The van der Waals surface area contributed by atoms with E-state index in [1.54, 1.807) is 12.1 Å². The van der Waals surface area contributed by atoms with Gasteiger partial charge in [-0.25, -0.2) is 4.98 Å². The highest BCUT2D eigenvalue weighted by atomic mass is 35.5. The van der Waals surface area contributed by atoms with Crippen molar-refractivity contribution in [3.05, 3.63) is 23.4 Å². The number of pyridine rings is 1. The van der Waals surface area contributed by atoms with Gasteiger partial charge in [-0.2, -0.15) is 0 Å². The summed E-state index contributed by atoms with van der Waals surface area (Å²) in [7, 11) is 0. The number of nitrogens with zero attached hydrogens (tertiary/aromatic N) is 3. The van der Waals surface area contributed by atoms with Crippen LogP contribution in [0.1, 0.15) is 19.8 Å². The number of aromatic nitrogens is 1. The van der Waals surface area contributed by atoms with E-state index in [0.29, 0.717) is 10.8 Å². The maximum Gasteiger partial charge on any atom is 0.239 e. The fourth-order valence-corrected chi connectivity index (χ4v) is 3.27. The summed E-state index contributed by atoms with van der Waals surface area (Å²) in [6.45, 7) is 3.67. The van der Waals surface area contributed by atoms with Gasteiger partial charge in [0, 0.05) is 25.3 Å². The lowest BCUT2D eigenvalue weighted by atomic mass is 10.1. The monoisotopic (exact) mass is 322 g/mol. The van der Waals surface area contributed by atoms with Gasteiger partial charge < -0.3 is 10.2 Å². The van der Waals surface area contributed by atoms with Crippen molar-refractivity contribution < 1.29 is 9.59 Å². The van der Waals surface area contributed by atoms with E-state index in [9.17, 15) is 9.59 Å². The van der Waals surface area contributed by atoms with E-state index in [1.165, 1.54) is 6.20 Å². The van der Waals surface area contributed by atoms with Crippen LogP contribution in [0.2, 0.25) is 5.02 Å². The van der Waals surface area contributed by atoms with Crippen molar-refractivity contribution in [2.45, 2.75) is 31.8 Å². The topological polar surface area (TPSA) is 65.5 Å². The number of piperazine rings is 1. The molecule has 0 aromatic carbocycles. The number of carbonyl (C=O) groups is 2. The summed E-state index contributed by atoms with van der Waals surface area (Å²) in [5.41, 5.74) is 0. The van der Waals surface area contributed by atoms with Crippen LogP contribution in [0.15, 0.2) is 18.3 Å². The highest BCUT2D eigenvalue weighted by Crippen LogP contribution is 2.25.